The highest BCUT2D eigenvalue weighted by Gasteiger charge is 2.20. The quantitative estimate of drug-likeness (QED) is 0.473. The molecule has 4 aromatic rings. The Bertz CT molecular complexity index is 1140. The molecular weight excluding hydrogens is 382 g/mol. The van der Waals surface area contributed by atoms with Crippen molar-refractivity contribution in [2.45, 2.75) is 25.3 Å². The molecule has 1 unspecified atom stereocenters. The Morgan fingerprint density at radius 3 is 2.72 bits per heavy atom. The molecule has 0 aliphatic heterocycles. The molecule has 0 saturated heterocycles. The Morgan fingerprint density at radius 2 is 2.00 bits per heavy atom. The smallest absolute Gasteiger partial charge is 0.198 e. The molecule has 0 aliphatic carbocycles. The summed E-state index contributed by atoms with van der Waals surface area (Å²) in [7, 11) is 1.91. The van der Waals surface area contributed by atoms with Crippen molar-refractivity contribution in [3.63, 3.8) is 0 Å². The maximum Gasteiger partial charge on any atom is 0.198 e. The van der Waals surface area contributed by atoms with Crippen LogP contribution in [0, 0.1) is 13.8 Å². The van der Waals surface area contributed by atoms with Crippen molar-refractivity contribution in [3.8, 4) is 0 Å². The standard InChI is InChI=1S/C22H23N5OS/c1-15-6-9-21(16(2)25-15)26-18-7-8-20-17(12-23-3)14-27(22(20)11-18)29(28)19-5-4-10-24-13-19/h4-11,13-14,23,26H,12H2,1-3H3. The van der Waals surface area contributed by atoms with Gasteiger partial charge in [0.15, 0.2) is 4.90 Å². The van der Waals surface area contributed by atoms with Crippen LogP contribution in [-0.4, -0.2) is 25.5 Å². The van der Waals surface area contributed by atoms with E-state index in [1.165, 1.54) is 0 Å². The number of fused-ring (bicyclic) bond motifs is 1. The van der Waals surface area contributed by atoms with Crippen LogP contribution in [0.4, 0.5) is 11.4 Å². The van der Waals surface area contributed by atoms with Crippen LogP contribution in [0.15, 0.2) is 66.0 Å². The average molecular weight is 406 g/mol. The van der Waals surface area contributed by atoms with Crippen LogP contribution in [0.25, 0.3) is 10.9 Å². The maximum atomic E-state index is 13.2. The zero-order chi connectivity index (χ0) is 20.4. The SMILES string of the molecule is CNCc1cn([S+]([O-])c2cccnc2)c2cc(Nc3ccc(C)nc3C)ccc12. The molecule has 148 valence electrons. The molecule has 29 heavy (non-hydrogen) atoms. The minimum Gasteiger partial charge on any atom is -0.587 e. The Morgan fingerprint density at radius 1 is 1.14 bits per heavy atom. The van der Waals surface area contributed by atoms with Gasteiger partial charge in [0.25, 0.3) is 0 Å². The van der Waals surface area contributed by atoms with Crippen LogP contribution in [0.5, 0.6) is 0 Å². The first-order valence-corrected chi connectivity index (χ1v) is 10.5. The summed E-state index contributed by atoms with van der Waals surface area (Å²) in [4.78, 5) is 9.29. The predicted molar refractivity (Wildman–Crippen MR) is 118 cm³/mol. The van der Waals surface area contributed by atoms with E-state index in [2.05, 4.69) is 26.7 Å². The molecule has 6 nitrogen and oxygen atoms in total. The number of anilines is 2. The number of rotatable bonds is 6. The summed E-state index contributed by atoms with van der Waals surface area (Å²) in [5.41, 5.74) is 5.80. The third-order valence-electron chi connectivity index (χ3n) is 4.74. The lowest BCUT2D eigenvalue weighted by atomic mass is 10.1. The largest absolute Gasteiger partial charge is 0.587 e. The van der Waals surface area contributed by atoms with E-state index in [4.69, 9.17) is 0 Å². The highest BCUT2D eigenvalue weighted by Crippen LogP contribution is 2.30. The molecule has 0 spiro atoms. The fraction of sp³-hybridized carbons (Fsp3) is 0.182. The normalized spacial score (nSPS) is 12.3. The average Bonchev–Trinajstić information content (AvgIpc) is 3.08. The molecular formula is C22H23N5OS. The fourth-order valence-corrected chi connectivity index (χ4v) is 4.48. The second kappa shape index (κ2) is 8.24. The van der Waals surface area contributed by atoms with Crippen LogP contribution >= 0.6 is 0 Å². The maximum absolute atomic E-state index is 13.2. The van der Waals surface area contributed by atoms with Crippen molar-refractivity contribution in [2.75, 3.05) is 12.4 Å². The van der Waals surface area contributed by atoms with Crippen molar-refractivity contribution in [1.82, 2.24) is 19.3 Å². The summed E-state index contributed by atoms with van der Waals surface area (Å²) in [6, 6.07) is 13.8. The van der Waals surface area contributed by atoms with Crippen LogP contribution < -0.4 is 10.6 Å². The molecule has 0 radical (unpaired) electrons. The molecule has 0 aliphatic rings. The van der Waals surface area contributed by atoms with Gasteiger partial charge in [0.2, 0.25) is 0 Å². The molecule has 2 N–H and O–H groups in total. The van der Waals surface area contributed by atoms with Gasteiger partial charge in [-0.1, -0.05) is 6.07 Å². The summed E-state index contributed by atoms with van der Waals surface area (Å²) in [6.07, 6.45) is 5.27. The van der Waals surface area contributed by atoms with E-state index in [0.29, 0.717) is 11.4 Å². The molecule has 3 heterocycles. The van der Waals surface area contributed by atoms with Crippen LogP contribution in [0.2, 0.25) is 0 Å². The van der Waals surface area contributed by atoms with Crippen molar-refractivity contribution in [1.29, 1.82) is 0 Å². The number of hydrogen-bond acceptors (Lipinski definition) is 5. The van der Waals surface area contributed by atoms with Gasteiger partial charge >= 0.3 is 0 Å². The van der Waals surface area contributed by atoms with E-state index in [1.807, 2.05) is 61.4 Å². The van der Waals surface area contributed by atoms with Gasteiger partial charge < -0.3 is 15.2 Å². The van der Waals surface area contributed by atoms with Gasteiger partial charge in [-0.25, -0.2) is 0 Å². The first-order valence-electron chi connectivity index (χ1n) is 9.39. The molecule has 1 atom stereocenters. The van der Waals surface area contributed by atoms with Crippen LogP contribution in [-0.2, 0) is 17.9 Å². The van der Waals surface area contributed by atoms with Gasteiger partial charge in [-0.15, -0.1) is 0 Å². The van der Waals surface area contributed by atoms with E-state index in [9.17, 15) is 4.55 Å². The minimum atomic E-state index is -1.38. The zero-order valence-corrected chi connectivity index (χ0v) is 17.5. The van der Waals surface area contributed by atoms with Gasteiger partial charge in [-0.2, -0.15) is 3.97 Å². The van der Waals surface area contributed by atoms with E-state index in [1.54, 1.807) is 18.5 Å². The zero-order valence-electron chi connectivity index (χ0n) is 16.6. The van der Waals surface area contributed by atoms with Crippen molar-refractivity contribution >= 4 is 33.6 Å². The lowest BCUT2D eigenvalue weighted by Crippen LogP contribution is -2.12. The van der Waals surface area contributed by atoms with Crippen molar-refractivity contribution in [3.05, 3.63) is 78.0 Å². The van der Waals surface area contributed by atoms with Gasteiger partial charge in [0, 0.05) is 29.5 Å². The second-order valence-electron chi connectivity index (χ2n) is 6.89. The first-order chi connectivity index (χ1) is 14.1. The molecule has 0 bridgehead atoms. The summed E-state index contributed by atoms with van der Waals surface area (Å²) >= 11 is -1.38. The summed E-state index contributed by atoms with van der Waals surface area (Å²) in [5, 5.41) is 7.69. The molecule has 0 saturated carbocycles. The second-order valence-corrected chi connectivity index (χ2v) is 8.25. The molecule has 7 heteroatoms. The van der Waals surface area contributed by atoms with Crippen LogP contribution in [0.1, 0.15) is 17.0 Å². The fourth-order valence-electron chi connectivity index (χ4n) is 3.35. The minimum absolute atomic E-state index is 0.664. The predicted octanol–water partition coefficient (Wildman–Crippen LogP) is 4.08. The summed E-state index contributed by atoms with van der Waals surface area (Å²) in [6.45, 7) is 4.66. The van der Waals surface area contributed by atoms with E-state index >= 15 is 0 Å². The van der Waals surface area contributed by atoms with E-state index in [0.717, 1.165) is 39.2 Å². The number of aromatic nitrogens is 3. The number of hydrogen-bond donors (Lipinski definition) is 2. The molecule has 0 fully saturated rings. The Labute approximate surface area is 173 Å². The lowest BCUT2D eigenvalue weighted by molar-refractivity contribution is 0.587. The van der Waals surface area contributed by atoms with E-state index < -0.39 is 11.4 Å². The highest BCUT2D eigenvalue weighted by molar-refractivity contribution is 7.90. The lowest BCUT2D eigenvalue weighted by Gasteiger charge is -2.13. The molecule has 1 aromatic carbocycles. The van der Waals surface area contributed by atoms with E-state index in [-0.39, 0.29) is 0 Å². The third kappa shape index (κ3) is 3.98. The topological polar surface area (TPSA) is 77.8 Å². The van der Waals surface area contributed by atoms with Gasteiger partial charge in [0.1, 0.15) is 16.9 Å². The Kier molecular flexibility index (Phi) is 5.53. The molecule has 0 amide bonds. The van der Waals surface area contributed by atoms with Gasteiger partial charge in [-0.05, 0) is 62.9 Å². The Hall–Kier alpha value is -2.87. The number of nitrogens with one attached hydrogen (secondary N) is 2. The molecule has 3 aromatic heterocycles. The highest BCUT2D eigenvalue weighted by atomic mass is 32.2. The number of nitrogens with zero attached hydrogens (tertiary/aromatic N) is 3. The number of aryl methyl sites for hydroxylation is 2. The number of pyridine rings is 2. The van der Waals surface area contributed by atoms with Gasteiger partial charge in [-0.3, -0.25) is 9.97 Å². The van der Waals surface area contributed by atoms with Gasteiger partial charge in [0.05, 0.1) is 23.8 Å². The third-order valence-corrected chi connectivity index (χ3v) is 6.04. The van der Waals surface area contributed by atoms with Crippen molar-refractivity contribution < 1.29 is 4.55 Å². The number of benzene rings is 1. The van der Waals surface area contributed by atoms with Crippen molar-refractivity contribution in [2.24, 2.45) is 0 Å². The first kappa shape index (κ1) is 19.4. The Balaban J connectivity index is 1.77. The van der Waals surface area contributed by atoms with Crippen LogP contribution in [0.3, 0.4) is 0 Å². The summed E-state index contributed by atoms with van der Waals surface area (Å²) in [5.74, 6) is 0. The summed E-state index contributed by atoms with van der Waals surface area (Å²) < 4.78 is 15.0. The monoisotopic (exact) mass is 405 g/mol. The molecule has 4 rings (SSSR count).